The number of hydrogen-bond donors (Lipinski definition) is 1. The SMILES string of the molecule is CN(C)c1ccc(C(=O)N2CCN(C(=O)Nc3ccccc3)CC2)cc1. The molecular formula is C20H24N4O2. The quantitative estimate of drug-likeness (QED) is 0.924. The second-order valence-corrected chi connectivity index (χ2v) is 6.52. The van der Waals surface area contributed by atoms with Gasteiger partial charge in [-0.3, -0.25) is 4.79 Å². The van der Waals surface area contributed by atoms with Gasteiger partial charge in [-0.25, -0.2) is 4.79 Å². The monoisotopic (exact) mass is 352 g/mol. The molecule has 1 aliphatic rings. The lowest BCUT2D eigenvalue weighted by Crippen LogP contribution is -2.51. The van der Waals surface area contributed by atoms with Crippen molar-refractivity contribution in [3.05, 3.63) is 60.2 Å². The molecule has 0 aromatic heterocycles. The molecule has 6 heteroatoms. The molecule has 26 heavy (non-hydrogen) atoms. The molecule has 136 valence electrons. The summed E-state index contributed by atoms with van der Waals surface area (Å²) in [5, 5.41) is 2.88. The highest BCUT2D eigenvalue weighted by Gasteiger charge is 2.24. The minimum Gasteiger partial charge on any atom is -0.378 e. The van der Waals surface area contributed by atoms with Gasteiger partial charge in [-0.1, -0.05) is 18.2 Å². The average molecular weight is 352 g/mol. The molecule has 1 N–H and O–H groups in total. The number of para-hydroxylation sites is 1. The number of piperazine rings is 1. The number of rotatable bonds is 3. The molecule has 0 saturated carbocycles. The van der Waals surface area contributed by atoms with Crippen molar-refractivity contribution in [1.82, 2.24) is 9.80 Å². The van der Waals surface area contributed by atoms with Crippen LogP contribution in [-0.4, -0.2) is 62.0 Å². The lowest BCUT2D eigenvalue weighted by atomic mass is 10.1. The standard InChI is InChI=1S/C20H24N4O2/c1-22(2)18-10-8-16(9-11-18)19(25)23-12-14-24(15-13-23)20(26)21-17-6-4-3-5-7-17/h3-11H,12-15H2,1-2H3,(H,21,26). The summed E-state index contributed by atoms with van der Waals surface area (Å²) in [6.45, 7) is 2.13. The van der Waals surface area contributed by atoms with Crippen molar-refractivity contribution in [3.8, 4) is 0 Å². The molecule has 3 amide bonds. The van der Waals surface area contributed by atoms with Crippen LogP contribution in [0, 0.1) is 0 Å². The van der Waals surface area contributed by atoms with Crippen LogP contribution in [0.5, 0.6) is 0 Å². The molecule has 1 heterocycles. The Kier molecular flexibility index (Phi) is 5.41. The Morgan fingerprint density at radius 3 is 2.00 bits per heavy atom. The largest absolute Gasteiger partial charge is 0.378 e. The first-order chi connectivity index (χ1) is 12.5. The van der Waals surface area contributed by atoms with Crippen LogP contribution < -0.4 is 10.2 Å². The molecule has 0 aliphatic carbocycles. The van der Waals surface area contributed by atoms with Crippen molar-refractivity contribution in [2.45, 2.75) is 0 Å². The van der Waals surface area contributed by atoms with Crippen LogP contribution in [0.1, 0.15) is 10.4 Å². The smallest absolute Gasteiger partial charge is 0.321 e. The third-order valence-electron chi connectivity index (χ3n) is 4.51. The normalized spacial score (nSPS) is 14.1. The first-order valence-electron chi connectivity index (χ1n) is 8.72. The van der Waals surface area contributed by atoms with Gasteiger partial charge in [0.1, 0.15) is 0 Å². The van der Waals surface area contributed by atoms with E-state index in [1.165, 1.54) is 0 Å². The van der Waals surface area contributed by atoms with Crippen LogP contribution in [0.4, 0.5) is 16.2 Å². The van der Waals surface area contributed by atoms with E-state index in [0.717, 1.165) is 11.4 Å². The van der Waals surface area contributed by atoms with E-state index in [0.29, 0.717) is 31.7 Å². The number of hydrogen-bond acceptors (Lipinski definition) is 3. The molecule has 1 fully saturated rings. The maximum atomic E-state index is 12.6. The molecular weight excluding hydrogens is 328 g/mol. The van der Waals surface area contributed by atoms with Gasteiger partial charge in [0.05, 0.1) is 0 Å². The van der Waals surface area contributed by atoms with E-state index in [9.17, 15) is 9.59 Å². The summed E-state index contributed by atoms with van der Waals surface area (Å²) in [7, 11) is 3.94. The fourth-order valence-corrected chi connectivity index (χ4v) is 2.92. The van der Waals surface area contributed by atoms with Crippen molar-refractivity contribution >= 4 is 23.3 Å². The molecule has 2 aromatic carbocycles. The van der Waals surface area contributed by atoms with Gasteiger partial charge in [0.25, 0.3) is 5.91 Å². The van der Waals surface area contributed by atoms with E-state index in [-0.39, 0.29) is 11.9 Å². The Morgan fingerprint density at radius 1 is 0.846 bits per heavy atom. The van der Waals surface area contributed by atoms with Gasteiger partial charge in [-0.05, 0) is 36.4 Å². The second-order valence-electron chi connectivity index (χ2n) is 6.52. The summed E-state index contributed by atoms with van der Waals surface area (Å²) in [5.41, 5.74) is 2.51. The van der Waals surface area contributed by atoms with Gasteiger partial charge in [-0.15, -0.1) is 0 Å². The minimum atomic E-state index is -0.126. The maximum absolute atomic E-state index is 12.6. The summed E-state index contributed by atoms with van der Waals surface area (Å²) in [5.74, 6) is 0.0124. The lowest BCUT2D eigenvalue weighted by molar-refractivity contribution is 0.0671. The van der Waals surface area contributed by atoms with Crippen molar-refractivity contribution < 1.29 is 9.59 Å². The molecule has 1 aliphatic heterocycles. The van der Waals surface area contributed by atoms with Gasteiger partial charge in [-0.2, -0.15) is 0 Å². The first kappa shape index (κ1) is 17.8. The van der Waals surface area contributed by atoms with Crippen LogP contribution in [0.2, 0.25) is 0 Å². The van der Waals surface area contributed by atoms with Gasteiger partial charge in [0.15, 0.2) is 0 Å². The Balaban J connectivity index is 1.54. The van der Waals surface area contributed by atoms with E-state index in [2.05, 4.69) is 5.32 Å². The predicted molar refractivity (Wildman–Crippen MR) is 104 cm³/mol. The number of urea groups is 1. The summed E-state index contributed by atoms with van der Waals surface area (Å²) in [6, 6.07) is 16.8. The maximum Gasteiger partial charge on any atom is 0.321 e. The van der Waals surface area contributed by atoms with Crippen LogP contribution in [0.15, 0.2) is 54.6 Å². The fourth-order valence-electron chi connectivity index (χ4n) is 2.92. The summed E-state index contributed by atoms with van der Waals surface area (Å²) < 4.78 is 0. The number of nitrogens with zero attached hydrogens (tertiary/aromatic N) is 3. The number of benzene rings is 2. The molecule has 2 aromatic rings. The van der Waals surface area contributed by atoms with Gasteiger partial charge in [0.2, 0.25) is 0 Å². The highest BCUT2D eigenvalue weighted by molar-refractivity contribution is 5.95. The van der Waals surface area contributed by atoms with Crippen molar-refractivity contribution in [1.29, 1.82) is 0 Å². The molecule has 6 nitrogen and oxygen atoms in total. The van der Waals surface area contributed by atoms with E-state index in [1.54, 1.807) is 9.80 Å². The zero-order valence-electron chi connectivity index (χ0n) is 15.2. The zero-order valence-corrected chi connectivity index (χ0v) is 15.2. The Hall–Kier alpha value is -3.02. The van der Waals surface area contributed by atoms with Crippen LogP contribution >= 0.6 is 0 Å². The first-order valence-corrected chi connectivity index (χ1v) is 8.72. The molecule has 3 rings (SSSR count). The molecule has 1 saturated heterocycles. The Morgan fingerprint density at radius 2 is 1.42 bits per heavy atom. The number of carbonyl (C=O) groups excluding carboxylic acids is 2. The Bertz CT molecular complexity index is 751. The fraction of sp³-hybridized carbons (Fsp3) is 0.300. The van der Waals surface area contributed by atoms with E-state index in [1.807, 2.05) is 73.6 Å². The van der Waals surface area contributed by atoms with Crippen LogP contribution in [0.25, 0.3) is 0 Å². The highest BCUT2D eigenvalue weighted by Crippen LogP contribution is 2.15. The lowest BCUT2D eigenvalue weighted by Gasteiger charge is -2.34. The third-order valence-corrected chi connectivity index (χ3v) is 4.51. The topological polar surface area (TPSA) is 55.9 Å². The molecule has 0 atom stereocenters. The molecule has 0 bridgehead atoms. The van der Waals surface area contributed by atoms with Crippen molar-refractivity contribution in [2.24, 2.45) is 0 Å². The summed E-state index contributed by atoms with van der Waals surface area (Å²) in [4.78, 5) is 30.5. The zero-order chi connectivity index (χ0) is 18.5. The number of anilines is 2. The molecule has 0 radical (unpaired) electrons. The van der Waals surface area contributed by atoms with E-state index in [4.69, 9.17) is 0 Å². The van der Waals surface area contributed by atoms with Gasteiger partial charge >= 0.3 is 6.03 Å². The summed E-state index contributed by atoms with van der Waals surface area (Å²) >= 11 is 0. The number of carbonyl (C=O) groups is 2. The van der Waals surface area contributed by atoms with E-state index < -0.39 is 0 Å². The third kappa shape index (κ3) is 4.14. The molecule has 0 unspecified atom stereocenters. The Labute approximate surface area is 154 Å². The van der Waals surface area contributed by atoms with Crippen molar-refractivity contribution in [2.75, 3.05) is 50.5 Å². The average Bonchev–Trinajstić information content (AvgIpc) is 2.68. The summed E-state index contributed by atoms with van der Waals surface area (Å²) in [6.07, 6.45) is 0. The second kappa shape index (κ2) is 7.91. The predicted octanol–water partition coefficient (Wildman–Crippen LogP) is 2.74. The van der Waals surface area contributed by atoms with E-state index >= 15 is 0 Å². The molecule has 0 spiro atoms. The van der Waals surface area contributed by atoms with Crippen molar-refractivity contribution in [3.63, 3.8) is 0 Å². The van der Waals surface area contributed by atoms with Crippen LogP contribution in [-0.2, 0) is 0 Å². The number of amides is 3. The number of nitrogens with one attached hydrogen (secondary N) is 1. The van der Waals surface area contributed by atoms with Crippen LogP contribution in [0.3, 0.4) is 0 Å². The minimum absolute atomic E-state index is 0.0124. The van der Waals surface area contributed by atoms with Gasteiger partial charge < -0.3 is 20.0 Å². The highest BCUT2D eigenvalue weighted by atomic mass is 16.2. The van der Waals surface area contributed by atoms with Gasteiger partial charge in [0, 0.05) is 57.2 Å².